The van der Waals surface area contributed by atoms with Crippen LogP contribution >= 0.6 is 0 Å². The van der Waals surface area contributed by atoms with Gasteiger partial charge in [0.15, 0.2) is 32.9 Å². The first-order valence-electron chi connectivity index (χ1n) is 12.2. The molecule has 1 rings (SSSR count). The number of carbonyl (C=O) groups excluding carboxylic acids is 4. The van der Waals surface area contributed by atoms with Crippen LogP contribution in [-0.2, 0) is 52.0 Å². The number of rotatable bonds is 11. The van der Waals surface area contributed by atoms with Crippen molar-refractivity contribution in [3.8, 4) is 0 Å². The Balaban J connectivity index is 3.15. The molecule has 0 aliphatic carbocycles. The van der Waals surface area contributed by atoms with Crippen molar-refractivity contribution in [1.29, 1.82) is 0 Å². The summed E-state index contributed by atoms with van der Waals surface area (Å²) < 4.78 is 39.2. The van der Waals surface area contributed by atoms with Gasteiger partial charge in [-0.05, 0) is 30.6 Å². The maximum absolute atomic E-state index is 11.9. The van der Waals surface area contributed by atoms with Gasteiger partial charge < -0.3 is 32.8 Å². The molecule has 1 saturated heterocycles. The zero-order valence-electron chi connectivity index (χ0n) is 23.6. The first kappa shape index (κ1) is 32.7. The summed E-state index contributed by atoms with van der Waals surface area (Å²) in [5.74, 6) is -2.67. The summed E-state index contributed by atoms with van der Waals surface area (Å²) in [6.07, 6.45) is -4.12. The normalized spacial score (nSPS) is 24.7. The number of hydrogen-bond donors (Lipinski definition) is 0. The molecule has 0 unspecified atom stereocenters. The Labute approximate surface area is 220 Å². The first-order valence-corrected chi connectivity index (χ1v) is 15.1. The van der Waals surface area contributed by atoms with Crippen molar-refractivity contribution >= 4 is 32.2 Å². The van der Waals surface area contributed by atoms with Crippen LogP contribution in [0.15, 0.2) is 11.6 Å². The van der Waals surface area contributed by atoms with Gasteiger partial charge in [-0.1, -0.05) is 26.8 Å². The van der Waals surface area contributed by atoms with Gasteiger partial charge in [0, 0.05) is 27.7 Å². The first-order chi connectivity index (χ1) is 16.9. The quantitative estimate of drug-likeness (QED) is 0.164. The molecule has 1 heterocycles. The van der Waals surface area contributed by atoms with Gasteiger partial charge in [-0.3, -0.25) is 19.2 Å². The van der Waals surface area contributed by atoms with E-state index in [2.05, 4.69) is 33.9 Å². The Kier molecular flexibility index (Phi) is 12.4. The number of esters is 4. The van der Waals surface area contributed by atoms with Crippen LogP contribution in [0.5, 0.6) is 0 Å². The average Bonchev–Trinajstić information content (AvgIpc) is 2.72. The molecule has 1 aliphatic heterocycles. The van der Waals surface area contributed by atoms with Crippen LogP contribution in [0.1, 0.15) is 55.4 Å². The lowest BCUT2D eigenvalue weighted by Gasteiger charge is -2.44. The SMILES string of the molecule is CC(=O)OC[C@H]1O[C@@H](OC/C(C)=C/CO[Si](C)(C)C(C)(C)C)[C@H](OC(C)=O)[C@@H](OC(C)=O)[C@@H]1OC(C)=O. The van der Waals surface area contributed by atoms with Crippen LogP contribution in [0, 0.1) is 0 Å². The molecular weight excluding hydrogens is 504 g/mol. The van der Waals surface area contributed by atoms with Crippen LogP contribution in [0.3, 0.4) is 0 Å². The molecule has 0 aromatic heterocycles. The molecule has 0 saturated carbocycles. The summed E-state index contributed by atoms with van der Waals surface area (Å²) in [5.41, 5.74) is 0.826. The maximum atomic E-state index is 11.9. The highest BCUT2D eigenvalue weighted by atomic mass is 28.4. The van der Waals surface area contributed by atoms with E-state index in [4.69, 9.17) is 32.8 Å². The van der Waals surface area contributed by atoms with Crippen LogP contribution in [0.2, 0.25) is 18.1 Å². The van der Waals surface area contributed by atoms with Crippen LogP contribution in [0.4, 0.5) is 0 Å². The Morgan fingerprint density at radius 2 is 1.32 bits per heavy atom. The molecule has 37 heavy (non-hydrogen) atoms. The van der Waals surface area contributed by atoms with E-state index < -0.39 is 62.9 Å². The van der Waals surface area contributed by atoms with E-state index in [1.807, 2.05) is 13.0 Å². The summed E-state index contributed by atoms with van der Waals surface area (Å²) in [4.78, 5) is 47.0. The zero-order valence-corrected chi connectivity index (χ0v) is 24.6. The van der Waals surface area contributed by atoms with Crippen molar-refractivity contribution in [3.63, 3.8) is 0 Å². The lowest BCUT2D eigenvalue weighted by Crippen LogP contribution is -2.63. The molecule has 0 radical (unpaired) electrons. The highest BCUT2D eigenvalue weighted by Gasteiger charge is 2.52. The topological polar surface area (TPSA) is 133 Å². The minimum absolute atomic E-state index is 0.0690. The molecular formula is C25H42O11Si. The van der Waals surface area contributed by atoms with Crippen molar-refractivity contribution in [2.75, 3.05) is 19.8 Å². The summed E-state index contributed by atoms with van der Waals surface area (Å²) in [7, 11) is -1.93. The minimum Gasteiger partial charge on any atom is -0.463 e. The van der Waals surface area contributed by atoms with Crippen molar-refractivity contribution in [2.45, 2.75) is 104 Å². The van der Waals surface area contributed by atoms with E-state index in [-0.39, 0.29) is 18.3 Å². The fourth-order valence-electron chi connectivity index (χ4n) is 3.20. The molecule has 0 N–H and O–H groups in total. The van der Waals surface area contributed by atoms with Crippen LogP contribution < -0.4 is 0 Å². The monoisotopic (exact) mass is 546 g/mol. The summed E-state index contributed by atoms with van der Waals surface area (Å²) in [6.45, 7) is 17.5. The Morgan fingerprint density at radius 1 is 0.811 bits per heavy atom. The summed E-state index contributed by atoms with van der Waals surface area (Å²) in [5, 5.41) is 0.0690. The Morgan fingerprint density at radius 3 is 1.81 bits per heavy atom. The van der Waals surface area contributed by atoms with Crippen molar-refractivity contribution in [1.82, 2.24) is 0 Å². The second-order valence-corrected chi connectivity index (χ2v) is 15.3. The second-order valence-electron chi connectivity index (χ2n) is 10.5. The molecule has 1 aliphatic rings. The van der Waals surface area contributed by atoms with Gasteiger partial charge >= 0.3 is 23.9 Å². The molecule has 0 aromatic carbocycles. The molecule has 12 heteroatoms. The molecule has 212 valence electrons. The van der Waals surface area contributed by atoms with E-state index >= 15 is 0 Å². The minimum atomic E-state index is -1.93. The van der Waals surface area contributed by atoms with Crippen LogP contribution in [-0.4, -0.2) is 82.7 Å². The fourth-order valence-corrected chi connectivity index (χ4v) is 4.14. The molecule has 1 fully saturated rings. The van der Waals surface area contributed by atoms with Crippen molar-refractivity contribution < 1.29 is 52.0 Å². The van der Waals surface area contributed by atoms with Gasteiger partial charge in [0.2, 0.25) is 0 Å². The van der Waals surface area contributed by atoms with E-state index in [1.165, 1.54) is 13.8 Å². The van der Waals surface area contributed by atoms with Crippen LogP contribution in [0.25, 0.3) is 0 Å². The third kappa shape index (κ3) is 10.9. The average molecular weight is 547 g/mol. The lowest BCUT2D eigenvalue weighted by molar-refractivity contribution is -0.306. The molecule has 5 atom stereocenters. The molecule has 0 bridgehead atoms. The molecule has 0 aromatic rings. The highest BCUT2D eigenvalue weighted by molar-refractivity contribution is 6.74. The van der Waals surface area contributed by atoms with E-state index in [1.54, 1.807) is 0 Å². The second kappa shape index (κ2) is 14.0. The number of carbonyl (C=O) groups is 4. The highest BCUT2D eigenvalue weighted by Crippen LogP contribution is 2.36. The maximum Gasteiger partial charge on any atom is 0.303 e. The van der Waals surface area contributed by atoms with Gasteiger partial charge in [0.05, 0.1) is 13.2 Å². The third-order valence-corrected chi connectivity index (χ3v) is 10.6. The van der Waals surface area contributed by atoms with Crippen molar-refractivity contribution in [3.05, 3.63) is 11.6 Å². The number of hydrogen-bond acceptors (Lipinski definition) is 11. The van der Waals surface area contributed by atoms with Gasteiger partial charge in [-0.2, -0.15) is 0 Å². The Hall–Kier alpha value is -2.28. The molecule has 0 spiro atoms. The number of ether oxygens (including phenoxy) is 6. The molecule has 11 nitrogen and oxygen atoms in total. The third-order valence-electron chi connectivity index (χ3n) is 6.11. The smallest absolute Gasteiger partial charge is 0.303 e. The lowest BCUT2D eigenvalue weighted by atomic mass is 9.98. The summed E-state index contributed by atoms with van der Waals surface area (Å²) >= 11 is 0. The fraction of sp³-hybridized carbons (Fsp3) is 0.760. The molecule has 0 amide bonds. The zero-order chi connectivity index (χ0) is 28.6. The van der Waals surface area contributed by atoms with Crippen molar-refractivity contribution in [2.24, 2.45) is 0 Å². The van der Waals surface area contributed by atoms with Gasteiger partial charge in [0.1, 0.15) is 12.7 Å². The van der Waals surface area contributed by atoms with E-state index in [0.29, 0.717) is 6.61 Å². The standard InChI is InChI=1S/C25H42O11Si/c1-15(11-12-32-37(9,10)25(6,7)8)13-31-24-23(35-19(5)29)22(34-18(4)28)21(33-17(3)27)20(36-24)14-30-16(2)26/h11,20-24H,12-14H2,1-10H3/b15-11+/t20-,21-,22+,23-,24-/m1/s1. The van der Waals surface area contributed by atoms with Gasteiger partial charge in [-0.15, -0.1) is 0 Å². The van der Waals surface area contributed by atoms with E-state index in [9.17, 15) is 19.2 Å². The van der Waals surface area contributed by atoms with Gasteiger partial charge in [-0.25, -0.2) is 0 Å². The Bertz CT molecular complexity index is 846. The van der Waals surface area contributed by atoms with Gasteiger partial charge in [0.25, 0.3) is 0 Å². The summed E-state index contributed by atoms with van der Waals surface area (Å²) in [6, 6.07) is 0. The predicted octanol–water partition coefficient (Wildman–Crippen LogP) is 3.05. The predicted molar refractivity (Wildman–Crippen MR) is 135 cm³/mol. The largest absolute Gasteiger partial charge is 0.463 e. The van der Waals surface area contributed by atoms with E-state index in [0.717, 1.165) is 19.4 Å².